The third-order valence-electron chi connectivity index (χ3n) is 2.41. The summed E-state index contributed by atoms with van der Waals surface area (Å²) in [6.07, 6.45) is -2.86. The fourth-order valence-electron chi connectivity index (χ4n) is 1.54. The summed E-state index contributed by atoms with van der Waals surface area (Å²) in [5.41, 5.74) is 4.23. The van der Waals surface area contributed by atoms with Crippen LogP contribution in [0.3, 0.4) is 0 Å². The Balaban J connectivity index is 2.23. The van der Waals surface area contributed by atoms with Crippen molar-refractivity contribution in [3.05, 3.63) is 27.8 Å². The van der Waals surface area contributed by atoms with Crippen molar-refractivity contribution in [2.75, 3.05) is 11.1 Å². The van der Waals surface area contributed by atoms with E-state index in [2.05, 4.69) is 20.3 Å². The summed E-state index contributed by atoms with van der Waals surface area (Å²) in [4.78, 5) is 12.1. The third kappa shape index (κ3) is 3.35. The minimum absolute atomic E-state index is 0.0187. The van der Waals surface area contributed by atoms with Gasteiger partial charge in [0.1, 0.15) is 10.8 Å². The highest BCUT2D eigenvalue weighted by Gasteiger charge is 2.33. The first-order valence-corrected chi connectivity index (χ1v) is 6.48. The van der Waals surface area contributed by atoms with Gasteiger partial charge in [0.25, 0.3) is 0 Å². The molecule has 2 rings (SSSR count). The Bertz CT molecular complexity index is 610. The first-order valence-electron chi connectivity index (χ1n) is 5.66. The zero-order valence-electron chi connectivity index (χ0n) is 10.7. The number of halogens is 3. The van der Waals surface area contributed by atoms with Gasteiger partial charge in [0.05, 0.1) is 6.04 Å². The first kappa shape index (κ1) is 14.5. The van der Waals surface area contributed by atoms with Crippen molar-refractivity contribution >= 4 is 23.1 Å². The van der Waals surface area contributed by atoms with Crippen LogP contribution in [-0.4, -0.2) is 15.0 Å². The topological polar surface area (TPSA) is 76.7 Å². The number of anilines is 2. The molecule has 20 heavy (non-hydrogen) atoms. The van der Waals surface area contributed by atoms with Gasteiger partial charge in [-0.25, -0.2) is 9.97 Å². The maximum absolute atomic E-state index is 12.6. The molecule has 108 valence electrons. The van der Waals surface area contributed by atoms with Crippen LogP contribution in [0, 0.1) is 6.92 Å². The molecule has 3 N–H and O–H groups in total. The zero-order chi connectivity index (χ0) is 14.9. The number of nitrogen functional groups attached to an aromatic ring is 1. The molecule has 0 aliphatic rings. The Kier molecular flexibility index (Phi) is 3.80. The number of aromatic nitrogens is 3. The summed E-state index contributed by atoms with van der Waals surface area (Å²) in [5, 5.41) is 3.60. The number of alkyl halides is 3. The largest absolute Gasteiger partial charge is 0.433 e. The number of hydrogen-bond donors (Lipinski definition) is 2. The average molecular weight is 303 g/mol. The normalized spacial score (nSPS) is 13.2. The van der Waals surface area contributed by atoms with Crippen LogP contribution in [-0.2, 0) is 6.18 Å². The molecule has 0 amide bonds. The number of nitrogens with one attached hydrogen (secondary N) is 1. The van der Waals surface area contributed by atoms with Crippen LogP contribution < -0.4 is 11.1 Å². The number of hydrogen-bond acceptors (Lipinski definition) is 6. The summed E-state index contributed by atoms with van der Waals surface area (Å²) in [6, 6.07) is 0.553. The van der Waals surface area contributed by atoms with Crippen LogP contribution >= 0.6 is 11.3 Å². The number of nitrogens with zero attached hydrogens (tertiary/aromatic N) is 3. The molecule has 2 aromatic rings. The molecule has 0 radical (unpaired) electrons. The summed E-state index contributed by atoms with van der Waals surface area (Å²) >= 11 is 1.46. The maximum atomic E-state index is 12.6. The Labute approximate surface area is 117 Å². The lowest BCUT2D eigenvalue weighted by Gasteiger charge is -2.14. The second kappa shape index (κ2) is 5.23. The quantitative estimate of drug-likeness (QED) is 0.911. The predicted octanol–water partition coefficient (Wildman–Crippen LogP) is 3.02. The van der Waals surface area contributed by atoms with Gasteiger partial charge in [0.2, 0.25) is 5.95 Å². The molecule has 1 unspecified atom stereocenters. The van der Waals surface area contributed by atoms with Crippen LogP contribution in [0.1, 0.15) is 28.5 Å². The molecule has 0 saturated carbocycles. The van der Waals surface area contributed by atoms with E-state index in [0.717, 1.165) is 16.0 Å². The summed E-state index contributed by atoms with van der Waals surface area (Å²) < 4.78 is 37.9. The van der Waals surface area contributed by atoms with Crippen LogP contribution in [0.2, 0.25) is 0 Å². The summed E-state index contributed by atoms with van der Waals surface area (Å²) in [7, 11) is 0. The minimum Gasteiger partial charge on any atom is -0.368 e. The molecule has 0 saturated heterocycles. The van der Waals surface area contributed by atoms with Gasteiger partial charge in [-0.05, 0) is 13.8 Å². The van der Waals surface area contributed by atoms with Crippen LogP contribution in [0.5, 0.6) is 0 Å². The molecule has 0 spiro atoms. The van der Waals surface area contributed by atoms with Crippen molar-refractivity contribution in [1.29, 1.82) is 0 Å². The van der Waals surface area contributed by atoms with Crippen LogP contribution in [0.15, 0.2) is 12.3 Å². The second-order valence-corrected chi connectivity index (χ2v) is 5.44. The lowest BCUT2D eigenvalue weighted by molar-refractivity contribution is -0.141. The van der Waals surface area contributed by atoms with Gasteiger partial charge in [-0.3, -0.25) is 0 Å². The van der Waals surface area contributed by atoms with E-state index in [1.54, 1.807) is 13.1 Å². The molecule has 0 aromatic carbocycles. The van der Waals surface area contributed by atoms with Gasteiger partial charge in [0.15, 0.2) is 5.69 Å². The molecule has 9 heteroatoms. The highest BCUT2D eigenvalue weighted by Crippen LogP contribution is 2.30. The molecule has 2 heterocycles. The maximum Gasteiger partial charge on any atom is 0.433 e. The van der Waals surface area contributed by atoms with Crippen molar-refractivity contribution in [2.24, 2.45) is 0 Å². The van der Waals surface area contributed by atoms with Gasteiger partial charge in [0, 0.05) is 17.1 Å². The van der Waals surface area contributed by atoms with Crippen molar-refractivity contribution in [3.8, 4) is 0 Å². The Morgan fingerprint density at radius 1 is 1.35 bits per heavy atom. The van der Waals surface area contributed by atoms with Crippen molar-refractivity contribution in [2.45, 2.75) is 26.1 Å². The van der Waals surface area contributed by atoms with Gasteiger partial charge in [-0.15, -0.1) is 11.3 Å². The van der Waals surface area contributed by atoms with E-state index >= 15 is 0 Å². The monoisotopic (exact) mass is 303 g/mol. The van der Waals surface area contributed by atoms with E-state index in [0.29, 0.717) is 0 Å². The number of aryl methyl sites for hydroxylation is 1. The van der Waals surface area contributed by atoms with Crippen molar-refractivity contribution in [1.82, 2.24) is 15.0 Å². The Morgan fingerprint density at radius 2 is 2.05 bits per heavy atom. The van der Waals surface area contributed by atoms with E-state index in [9.17, 15) is 13.2 Å². The lowest BCUT2D eigenvalue weighted by Crippen LogP contribution is -2.14. The van der Waals surface area contributed by atoms with Crippen LogP contribution in [0.4, 0.5) is 24.9 Å². The van der Waals surface area contributed by atoms with Gasteiger partial charge in [-0.2, -0.15) is 18.2 Å². The second-order valence-electron chi connectivity index (χ2n) is 4.17. The number of nitrogens with two attached hydrogens (primary N) is 1. The van der Waals surface area contributed by atoms with E-state index in [4.69, 9.17) is 5.73 Å². The fourth-order valence-corrected chi connectivity index (χ4v) is 2.32. The van der Waals surface area contributed by atoms with E-state index in [-0.39, 0.29) is 11.9 Å². The zero-order valence-corrected chi connectivity index (χ0v) is 11.5. The third-order valence-corrected chi connectivity index (χ3v) is 3.50. The molecular formula is C11H12F3N5S. The van der Waals surface area contributed by atoms with E-state index < -0.39 is 17.8 Å². The molecule has 1 atom stereocenters. The molecule has 0 fully saturated rings. The fraction of sp³-hybridized carbons (Fsp3) is 0.364. The predicted molar refractivity (Wildman–Crippen MR) is 70.3 cm³/mol. The Morgan fingerprint density at radius 3 is 2.60 bits per heavy atom. The lowest BCUT2D eigenvalue weighted by atomic mass is 10.3. The van der Waals surface area contributed by atoms with Crippen molar-refractivity contribution < 1.29 is 13.2 Å². The minimum atomic E-state index is -4.56. The first-order chi connectivity index (χ1) is 9.25. The highest BCUT2D eigenvalue weighted by atomic mass is 32.1. The smallest absolute Gasteiger partial charge is 0.368 e. The van der Waals surface area contributed by atoms with Crippen LogP contribution in [0.25, 0.3) is 0 Å². The van der Waals surface area contributed by atoms with E-state index in [1.165, 1.54) is 11.3 Å². The molecule has 0 aliphatic carbocycles. The van der Waals surface area contributed by atoms with Gasteiger partial charge >= 0.3 is 6.18 Å². The van der Waals surface area contributed by atoms with Gasteiger partial charge < -0.3 is 11.1 Å². The standard InChI is InChI=1S/C11H12F3N5S/c1-5-4-16-9(20-5)6(2)17-8-3-7(11(12,13)14)18-10(15)19-8/h3-4,6H,1-2H3,(H3,15,17,18,19). The van der Waals surface area contributed by atoms with Crippen molar-refractivity contribution in [3.63, 3.8) is 0 Å². The Hall–Kier alpha value is -1.90. The van der Waals surface area contributed by atoms with Gasteiger partial charge in [-0.1, -0.05) is 0 Å². The molecular weight excluding hydrogens is 291 g/mol. The highest BCUT2D eigenvalue weighted by molar-refractivity contribution is 7.11. The molecule has 0 aliphatic heterocycles. The molecule has 2 aromatic heterocycles. The summed E-state index contributed by atoms with van der Waals surface area (Å²) in [6.45, 7) is 3.68. The summed E-state index contributed by atoms with van der Waals surface area (Å²) in [5.74, 6) is -0.407. The van der Waals surface area contributed by atoms with E-state index in [1.807, 2.05) is 6.92 Å². The molecule has 5 nitrogen and oxygen atoms in total. The number of thiazole rings is 1. The molecule has 0 bridgehead atoms. The average Bonchev–Trinajstić information content (AvgIpc) is 2.74. The number of rotatable bonds is 3. The SMILES string of the molecule is Cc1cnc(C(C)Nc2cc(C(F)(F)F)nc(N)n2)s1.